The summed E-state index contributed by atoms with van der Waals surface area (Å²) in [6, 6.07) is 21.1. The molecule has 0 spiro atoms. The maximum atomic E-state index is 11.9. The summed E-state index contributed by atoms with van der Waals surface area (Å²) < 4.78 is 25.6. The number of rotatable bonds is 25. The Morgan fingerprint density at radius 2 is 1.08 bits per heavy atom. The number of nitrogens with zero attached hydrogens (tertiary/aromatic N) is 4. The Labute approximate surface area is 418 Å². The van der Waals surface area contributed by atoms with Gasteiger partial charge in [0.15, 0.2) is 11.3 Å². The lowest BCUT2D eigenvalue weighted by Crippen LogP contribution is -2.37. The predicted molar refractivity (Wildman–Crippen MR) is 268 cm³/mol. The molecule has 0 aliphatic rings. The van der Waals surface area contributed by atoms with Crippen molar-refractivity contribution in [3.8, 4) is 34.1 Å². The van der Waals surface area contributed by atoms with Crippen LogP contribution in [0.2, 0.25) is 10.0 Å². The number of hydrogen-bond acceptors (Lipinski definition) is 14. The number of hydrogen-bond donors (Lipinski definition) is 7. The molecule has 4 aromatic heterocycles. The van der Waals surface area contributed by atoms with Crippen LogP contribution in [0.5, 0.6) is 23.0 Å². The Bertz CT molecular complexity index is 3150. The summed E-state index contributed by atoms with van der Waals surface area (Å²) in [5.41, 5.74) is 11.4. The SMILES string of the molecule is Cc1c(COc2cc(OCc3ccnc4nc[nH]c34)c(CNC(C=O)CCO)cc2Cl)cccc1-c1cccc(COc2cc(OCc3ccnc4nc[nH]c34)c(CNC(CCO)C(=O)O)cc2Cl)c1C. The Morgan fingerprint density at radius 1 is 0.620 bits per heavy atom. The number of aldehydes is 1. The molecule has 2 unspecified atom stereocenters. The van der Waals surface area contributed by atoms with E-state index in [2.05, 4.69) is 52.7 Å². The van der Waals surface area contributed by atoms with E-state index in [0.717, 1.165) is 61.8 Å². The fraction of sp³-hybridized carbons (Fsp3) is 0.269. The Morgan fingerprint density at radius 3 is 1.55 bits per heavy atom. The van der Waals surface area contributed by atoms with Crippen molar-refractivity contribution in [1.82, 2.24) is 40.5 Å². The molecule has 0 bridgehead atoms. The van der Waals surface area contributed by atoms with Gasteiger partial charge in [0.05, 0.1) is 39.8 Å². The first-order chi connectivity index (χ1) is 34.5. The number of imidazole rings is 2. The zero-order valence-corrected chi connectivity index (χ0v) is 40.4. The molecule has 19 heteroatoms. The van der Waals surface area contributed by atoms with Gasteiger partial charge in [-0.15, -0.1) is 0 Å². The van der Waals surface area contributed by atoms with Gasteiger partial charge < -0.3 is 59.7 Å². The smallest absolute Gasteiger partial charge is 0.320 e. The molecule has 2 atom stereocenters. The predicted octanol–water partition coefficient (Wildman–Crippen LogP) is 8.10. The minimum atomic E-state index is -1.09. The summed E-state index contributed by atoms with van der Waals surface area (Å²) in [5.74, 6) is 0.613. The number of aromatic amines is 2. The van der Waals surface area contributed by atoms with Crippen molar-refractivity contribution < 1.29 is 43.9 Å². The lowest BCUT2D eigenvalue weighted by molar-refractivity contribution is -0.140. The first-order valence-electron chi connectivity index (χ1n) is 22.8. The second-order valence-corrected chi connectivity index (χ2v) is 17.5. The van der Waals surface area contributed by atoms with Gasteiger partial charge in [-0.3, -0.25) is 4.79 Å². The van der Waals surface area contributed by atoms with Crippen LogP contribution in [0, 0.1) is 13.8 Å². The van der Waals surface area contributed by atoms with E-state index in [0.29, 0.717) is 55.5 Å². The number of fused-ring (bicyclic) bond motifs is 2. The third-order valence-corrected chi connectivity index (χ3v) is 12.8. The molecule has 0 aliphatic carbocycles. The number of carboxylic acid groups (broad SMARTS) is 1. The Kier molecular flexibility index (Phi) is 16.8. The molecule has 0 radical (unpaired) electrons. The number of nitrogens with one attached hydrogen (secondary N) is 4. The Hall–Kier alpha value is -7.12. The lowest BCUT2D eigenvalue weighted by atomic mass is 9.92. The topological polar surface area (TPSA) is 239 Å². The average molecular weight is 1000 g/mol. The van der Waals surface area contributed by atoms with E-state index in [9.17, 15) is 24.9 Å². The van der Waals surface area contributed by atoms with Crippen molar-refractivity contribution in [2.45, 2.75) is 78.3 Å². The van der Waals surface area contributed by atoms with Crippen LogP contribution in [0.15, 0.2) is 97.8 Å². The van der Waals surface area contributed by atoms with E-state index in [1.54, 1.807) is 49.3 Å². The number of carbonyl (C=O) groups is 2. The second-order valence-electron chi connectivity index (χ2n) is 16.7. The van der Waals surface area contributed by atoms with Crippen LogP contribution in [0.25, 0.3) is 33.5 Å². The highest BCUT2D eigenvalue weighted by molar-refractivity contribution is 6.32. The number of aromatic nitrogens is 6. The zero-order valence-electron chi connectivity index (χ0n) is 38.9. The molecule has 4 heterocycles. The summed E-state index contributed by atoms with van der Waals surface area (Å²) in [4.78, 5) is 46.8. The molecule has 7 N–H and O–H groups in total. The fourth-order valence-electron chi connectivity index (χ4n) is 8.12. The summed E-state index contributed by atoms with van der Waals surface area (Å²) in [5, 5.41) is 35.4. The minimum absolute atomic E-state index is 0.0226. The van der Waals surface area contributed by atoms with Gasteiger partial charge in [0.2, 0.25) is 0 Å². The van der Waals surface area contributed by atoms with Crippen molar-refractivity contribution in [3.05, 3.63) is 152 Å². The summed E-state index contributed by atoms with van der Waals surface area (Å²) in [6.45, 7) is 4.70. The van der Waals surface area contributed by atoms with Crippen LogP contribution in [0.3, 0.4) is 0 Å². The van der Waals surface area contributed by atoms with Crippen LogP contribution in [-0.2, 0) is 49.1 Å². The highest BCUT2D eigenvalue weighted by Gasteiger charge is 2.21. The van der Waals surface area contributed by atoms with Crippen LogP contribution in [0.1, 0.15) is 57.3 Å². The number of carboxylic acids is 1. The molecular weight excluding hydrogens is 952 g/mol. The summed E-state index contributed by atoms with van der Waals surface area (Å²) in [6.07, 6.45) is 7.51. The number of H-pyrrole nitrogens is 2. The minimum Gasteiger partial charge on any atom is -0.488 e. The summed E-state index contributed by atoms with van der Waals surface area (Å²) >= 11 is 13.7. The van der Waals surface area contributed by atoms with E-state index in [4.69, 9.17) is 42.1 Å². The number of carbonyl (C=O) groups excluding carboxylic acids is 1. The first-order valence-corrected chi connectivity index (χ1v) is 23.5. The molecule has 0 saturated heterocycles. The normalized spacial score (nSPS) is 12.3. The van der Waals surface area contributed by atoms with Crippen LogP contribution in [0.4, 0.5) is 0 Å². The van der Waals surface area contributed by atoms with Crippen molar-refractivity contribution in [3.63, 3.8) is 0 Å². The van der Waals surface area contributed by atoms with Gasteiger partial charge in [0.1, 0.15) is 61.8 Å². The van der Waals surface area contributed by atoms with Crippen LogP contribution >= 0.6 is 23.2 Å². The number of halogens is 2. The molecule has 0 amide bonds. The maximum Gasteiger partial charge on any atom is 0.320 e. The van der Waals surface area contributed by atoms with Gasteiger partial charge in [-0.2, -0.15) is 0 Å². The van der Waals surface area contributed by atoms with Gasteiger partial charge in [-0.25, -0.2) is 19.9 Å². The van der Waals surface area contributed by atoms with Gasteiger partial charge in [0, 0.05) is 73.1 Å². The van der Waals surface area contributed by atoms with Gasteiger partial charge in [0.25, 0.3) is 0 Å². The van der Waals surface area contributed by atoms with Crippen molar-refractivity contribution >= 4 is 57.8 Å². The number of aliphatic hydroxyl groups excluding tert-OH is 2. The van der Waals surface area contributed by atoms with Crippen LogP contribution < -0.4 is 29.6 Å². The average Bonchev–Trinajstić information content (AvgIpc) is 4.07. The molecule has 8 aromatic rings. The molecule has 368 valence electrons. The third-order valence-electron chi connectivity index (χ3n) is 12.2. The zero-order chi connectivity index (χ0) is 49.9. The third kappa shape index (κ3) is 12.1. The van der Waals surface area contributed by atoms with E-state index < -0.39 is 18.1 Å². The van der Waals surface area contributed by atoms with E-state index >= 15 is 0 Å². The lowest BCUT2D eigenvalue weighted by Gasteiger charge is -2.19. The number of pyridine rings is 2. The number of aliphatic carboxylic acids is 1. The van der Waals surface area contributed by atoms with Crippen molar-refractivity contribution in [2.75, 3.05) is 13.2 Å². The van der Waals surface area contributed by atoms with Gasteiger partial charge in [-0.05, 0) is 84.3 Å². The first kappa shape index (κ1) is 50.3. The van der Waals surface area contributed by atoms with Crippen molar-refractivity contribution in [2.24, 2.45) is 0 Å². The quantitative estimate of drug-likeness (QED) is 0.0268. The largest absolute Gasteiger partial charge is 0.488 e. The summed E-state index contributed by atoms with van der Waals surface area (Å²) in [7, 11) is 0. The number of ether oxygens (including phenoxy) is 4. The molecule has 0 aliphatic heterocycles. The molecule has 0 saturated carbocycles. The molecular formula is C52H52Cl2N8O9. The van der Waals surface area contributed by atoms with E-state index in [-0.39, 0.29) is 65.6 Å². The van der Waals surface area contributed by atoms with Crippen LogP contribution in [-0.4, -0.2) is 82.8 Å². The van der Waals surface area contributed by atoms with E-state index in [1.807, 2.05) is 50.2 Å². The Balaban J connectivity index is 0.996. The second kappa shape index (κ2) is 23.7. The molecule has 8 rings (SSSR count). The molecule has 0 fully saturated rings. The fourth-order valence-corrected chi connectivity index (χ4v) is 8.60. The molecule has 4 aromatic carbocycles. The van der Waals surface area contributed by atoms with E-state index in [1.165, 1.54) is 0 Å². The standard InChI is InChI=1S/C52H52Cl2N8O9/c1-30-32(24-70-46-19-44(36(17-41(46)53)21-57-38(23-65)11-15-63)68-26-34-9-13-55-50-48(34)59-28-61-50)5-3-7-39(30)40-8-4-6-33(31(40)2)25-71-47-20-45(69-27-35-10-14-56-51-49(35)60-29-62-51)37(18-42(47)54)22-58-43(12-16-64)52(66)67/h3-10,13-14,17-20,23,28-29,38,43,57-58,63-64H,11-12,15-16,21-22,24-27H2,1-2H3,(H,66,67)(H,55,59,61)(H,56,60,62). The van der Waals surface area contributed by atoms with Gasteiger partial charge >= 0.3 is 5.97 Å². The van der Waals surface area contributed by atoms with Gasteiger partial charge in [-0.1, -0.05) is 59.6 Å². The molecule has 17 nitrogen and oxygen atoms in total. The number of benzene rings is 4. The number of aliphatic hydroxyl groups is 2. The van der Waals surface area contributed by atoms with Crippen molar-refractivity contribution in [1.29, 1.82) is 0 Å². The molecule has 71 heavy (non-hydrogen) atoms. The highest BCUT2D eigenvalue weighted by atomic mass is 35.5. The monoisotopic (exact) mass is 1000 g/mol. The highest BCUT2D eigenvalue weighted by Crippen LogP contribution is 2.38. The maximum absolute atomic E-state index is 11.9.